The Bertz CT molecular complexity index is 559. The van der Waals surface area contributed by atoms with Gasteiger partial charge in [-0.15, -0.1) is 0 Å². The minimum Gasteiger partial charge on any atom is -0.459 e. The molecule has 0 unspecified atom stereocenters. The van der Waals surface area contributed by atoms with Gasteiger partial charge in [0.05, 0.1) is 31.6 Å². The van der Waals surface area contributed by atoms with Crippen molar-refractivity contribution in [1.82, 2.24) is 0 Å². The summed E-state index contributed by atoms with van der Waals surface area (Å²) in [6, 6.07) is 0. The highest BCUT2D eigenvalue weighted by Gasteiger charge is 2.40. The zero-order chi connectivity index (χ0) is 21.7. The highest BCUT2D eigenvalue weighted by atomic mass is 16.6. The number of ether oxygens (including phenoxy) is 2. The van der Waals surface area contributed by atoms with Crippen molar-refractivity contribution in [1.29, 1.82) is 0 Å². The van der Waals surface area contributed by atoms with E-state index in [0.717, 1.165) is 51.9 Å². The molecule has 0 radical (unpaired) electrons. The Labute approximate surface area is 176 Å². The number of carbonyl (C=O) groups is 2. The summed E-state index contributed by atoms with van der Waals surface area (Å²) in [5.74, 6) is 0.369. The van der Waals surface area contributed by atoms with Gasteiger partial charge in [-0.25, -0.2) is 0 Å². The fourth-order valence-corrected chi connectivity index (χ4v) is 4.65. The summed E-state index contributed by atoms with van der Waals surface area (Å²) in [6.45, 7) is 16.2. The molecule has 0 aromatic heterocycles. The van der Waals surface area contributed by atoms with E-state index in [-0.39, 0.29) is 18.4 Å². The van der Waals surface area contributed by atoms with E-state index in [2.05, 4.69) is 10.6 Å². The Morgan fingerprint density at radius 3 is 1.62 bits per heavy atom. The van der Waals surface area contributed by atoms with E-state index >= 15 is 0 Å². The Morgan fingerprint density at radius 2 is 1.17 bits per heavy atom. The third-order valence-electron chi connectivity index (χ3n) is 7.08. The standard InChI is InChI=1S/C23H42N2O4/c1-21(2,20(27)29-23(5,6)18-10-15-25-16-11-18)12-7-19(26)28-22(3,4)17-8-13-24-14-9-17/h17-18,24-25H,7-16H2,1-6H3/p+2. The summed E-state index contributed by atoms with van der Waals surface area (Å²) in [7, 11) is 0. The first-order chi connectivity index (χ1) is 13.4. The number of hydrogen-bond donors (Lipinski definition) is 2. The van der Waals surface area contributed by atoms with Crippen molar-refractivity contribution < 1.29 is 29.7 Å². The number of hydrogen-bond acceptors (Lipinski definition) is 4. The van der Waals surface area contributed by atoms with Crippen LogP contribution in [-0.4, -0.2) is 49.3 Å². The largest absolute Gasteiger partial charge is 0.459 e. The van der Waals surface area contributed by atoms with E-state index in [1.54, 1.807) is 0 Å². The zero-order valence-corrected chi connectivity index (χ0v) is 19.5. The fraction of sp³-hybridized carbons (Fsp3) is 0.913. The van der Waals surface area contributed by atoms with Gasteiger partial charge >= 0.3 is 11.9 Å². The number of nitrogens with two attached hydrogens (primary N) is 2. The van der Waals surface area contributed by atoms with Gasteiger partial charge in [0.1, 0.15) is 11.2 Å². The maximum Gasteiger partial charge on any atom is 0.312 e. The molecule has 0 saturated carbocycles. The van der Waals surface area contributed by atoms with Crippen molar-refractivity contribution in [3.63, 3.8) is 0 Å². The maximum absolute atomic E-state index is 12.9. The van der Waals surface area contributed by atoms with Crippen LogP contribution in [0.2, 0.25) is 0 Å². The molecule has 0 atom stereocenters. The molecule has 0 bridgehead atoms. The van der Waals surface area contributed by atoms with Gasteiger partial charge in [-0.05, 0) is 48.0 Å². The van der Waals surface area contributed by atoms with Gasteiger partial charge in [-0.2, -0.15) is 0 Å². The molecule has 168 valence electrons. The molecule has 0 amide bonds. The van der Waals surface area contributed by atoms with Crippen LogP contribution < -0.4 is 10.6 Å². The van der Waals surface area contributed by atoms with Crippen molar-refractivity contribution in [3.05, 3.63) is 0 Å². The Morgan fingerprint density at radius 1 is 0.759 bits per heavy atom. The van der Waals surface area contributed by atoms with Crippen LogP contribution in [0.5, 0.6) is 0 Å². The quantitative estimate of drug-likeness (QED) is 0.590. The summed E-state index contributed by atoms with van der Waals surface area (Å²) < 4.78 is 11.8. The number of carbonyl (C=O) groups excluding carboxylic acids is 2. The highest BCUT2D eigenvalue weighted by Crippen LogP contribution is 2.34. The molecule has 0 aromatic rings. The van der Waals surface area contributed by atoms with E-state index in [0.29, 0.717) is 18.3 Å². The van der Waals surface area contributed by atoms with E-state index in [1.807, 2.05) is 41.5 Å². The van der Waals surface area contributed by atoms with Crippen LogP contribution in [0.3, 0.4) is 0 Å². The third kappa shape index (κ3) is 6.95. The van der Waals surface area contributed by atoms with Gasteiger partial charge in [0.2, 0.25) is 0 Å². The molecule has 0 aliphatic carbocycles. The van der Waals surface area contributed by atoms with Gasteiger partial charge in [0.15, 0.2) is 0 Å². The second kappa shape index (κ2) is 9.78. The Kier molecular flexibility index (Phi) is 8.14. The zero-order valence-electron chi connectivity index (χ0n) is 19.5. The van der Waals surface area contributed by atoms with Crippen molar-refractivity contribution in [2.75, 3.05) is 26.2 Å². The molecule has 2 aliphatic rings. The van der Waals surface area contributed by atoms with Gasteiger partial charge in [-0.1, -0.05) is 0 Å². The lowest BCUT2D eigenvalue weighted by molar-refractivity contribution is -0.666. The molecular formula is C23H44N2O4+2. The number of esters is 2. The van der Waals surface area contributed by atoms with E-state index in [1.165, 1.54) is 0 Å². The van der Waals surface area contributed by atoms with E-state index in [4.69, 9.17) is 9.47 Å². The average Bonchev–Trinajstić information content (AvgIpc) is 2.67. The normalized spacial score (nSPS) is 20.3. The average molecular weight is 413 g/mol. The van der Waals surface area contributed by atoms with E-state index < -0.39 is 16.6 Å². The molecule has 2 saturated heterocycles. The highest BCUT2D eigenvalue weighted by molar-refractivity contribution is 5.78. The summed E-state index contributed by atoms with van der Waals surface area (Å²) in [5.41, 5.74) is -1.62. The number of rotatable bonds is 8. The first-order valence-electron chi connectivity index (χ1n) is 11.5. The molecule has 2 fully saturated rings. The van der Waals surface area contributed by atoms with Gasteiger partial charge in [-0.3, -0.25) is 9.59 Å². The minimum absolute atomic E-state index is 0.215. The monoisotopic (exact) mass is 412 g/mol. The van der Waals surface area contributed by atoms with Crippen LogP contribution >= 0.6 is 0 Å². The third-order valence-corrected chi connectivity index (χ3v) is 7.08. The van der Waals surface area contributed by atoms with Gasteiger partial charge in [0, 0.05) is 43.9 Å². The SMILES string of the molecule is CC(C)(CCC(=O)OC(C)(C)C1CC[NH2+]CC1)C(=O)OC(C)(C)C1CC[NH2+]CC1. The lowest BCUT2D eigenvalue weighted by Crippen LogP contribution is -2.86. The predicted octanol–water partition coefficient (Wildman–Crippen LogP) is 1.38. The number of piperidine rings is 2. The van der Waals surface area contributed by atoms with Crippen LogP contribution in [0.4, 0.5) is 0 Å². The summed E-state index contributed by atoms with van der Waals surface area (Å²) in [6.07, 6.45) is 4.97. The second-order valence-corrected chi connectivity index (χ2v) is 10.7. The van der Waals surface area contributed by atoms with Gasteiger partial charge in [0.25, 0.3) is 0 Å². The van der Waals surface area contributed by atoms with Crippen molar-refractivity contribution >= 4 is 11.9 Å². The molecular weight excluding hydrogens is 368 g/mol. The summed E-state index contributed by atoms with van der Waals surface area (Å²) >= 11 is 0. The molecule has 6 nitrogen and oxygen atoms in total. The molecule has 2 aliphatic heterocycles. The first kappa shape index (κ1) is 24.1. The predicted molar refractivity (Wildman–Crippen MR) is 112 cm³/mol. The molecule has 0 aromatic carbocycles. The number of quaternary nitrogens is 2. The van der Waals surface area contributed by atoms with E-state index in [9.17, 15) is 9.59 Å². The van der Waals surface area contributed by atoms with Crippen LogP contribution in [0.15, 0.2) is 0 Å². The van der Waals surface area contributed by atoms with Crippen LogP contribution in [0.25, 0.3) is 0 Å². The first-order valence-corrected chi connectivity index (χ1v) is 11.5. The fourth-order valence-electron chi connectivity index (χ4n) is 4.65. The Hall–Kier alpha value is -1.14. The molecule has 4 N–H and O–H groups in total. The van der Waals surface area contributed by atoms with Crippen molar-refractivity contribution in [3.8, 4) is 0 Å². The minimum atomic E-state index is -0.707. The van der Waals surface area contributed by atoms with Crippen LogP contribution in [0.1, 0.15) is 80.1 Å². The Balaban J connectivity index is 1.84. The lowest BCUT2D eigenvalue weighted by Gasteiger charge is -2.38. The lowest BCUT2D eigenvalue weighted by atomic mass is 9.82. The van der Waals surface area contributed by atoms with Crippen molar-refractivity contribution in [2.24, 2.45) is 17.3 Å². The maximum atomic E-state index is 12.9. The molecule has 2 rings (SSSR count). The van der Waals surface area contributed by atoms with Crippen LogP contribution in [0, 0.1) is 17.3 Å². The topological polar surface area (TPSA) is 85.8 Å². The van der Waals surface area contributed by atoms with Gasteiger partial charge < -0.3 is 20.1 Å². The molecule has 29 heavy (non-hydrogen) atoms. The summed E-state index contributed by atoms with van der Waals surface area (Å²) in [5, 5.41) is 4.63. The second-order valence-electron chi connectivity index (χ2n) is 10.7. The smallest absolute Gasteiger partial charge is 0.312 e. The molecule has 0 spiro atoms. The molecule has 6 heteroatoms. The van der Waals surface area contributed by atoms with Crippen LogP contribution in [-0.2, 0) is 19.1 Å². The molecule has 2 heterocycles. The van der Waals surface area contributed by atoms with Crippen molar-refractivity contribution in [2.45, 2.75) is 91.3 Å². The summed E-state index contributed by atoms with van der Waals surface area (Å²) in [4.78, 5) is 25.4.